The second kappa shape index (κ2) is 4.64. The molecule has 5 nitrogen and oxygen atoms in total. The molecular weight excluding hydrogens is 276 g/mol. The van der Waals surface area contributed by atoms with Gasteiger partial charge in [-0.05, 0) is 18.6 Å². The van der Waals surface area contributed by atoms with E-state index in [0.717, 1.165) is 6.26 Å². The van der Waals surface area contributed by atoms with Gasteiger partial charge in [0.05, 0.1) is 23.0 Å². The maximum absolute atomic E-state index is 12.1. The first-order valence-corrected chi connectivity index (χ1v) is 8.80. The molecule has 1 saturated carbocycles. The van der Waals surface area contributed by atoms with Crippen molar-refractivity contribution in [2.45, 2.75) is 16.6 Å². The summed E-state index contributed by atoms with van der Waals surface area (Å²) in [5, 5.41) is -0.526. The van der Waals surface area contributed by atoms with E-state index in [9.17, 15) is 16.8 Å². The Morgan fingerprint density at radius 1 is 1.17 bits per heavy atom. The van der Waals surface area contributed by atoms with E-state index < -0.39 is 25.2 Å². The maximum atomic E-state index is 12.1. The Bertz CT molecular complexity index is 619. The molecule has 0 saturated heterocycles. The van der Waals surface area contributed by atoms with E-state index >= 15 is 0 Å². The number of benzene rings is 1. The van der Waals surface area contributed by atoms with Gasteiger partial charge < -0.3 is 0 Å². The lowest BCUT2D eigenvalue weighted by molar-refractivity contribution is 0.305. The average Bonchev–Trinajstić information content (AvgIpc) is 3.07. The molecule has 1 aromatic carbocycles. The van der Waals surface area contributed by atoms with Crippen LogP contribution in [0.2, 0.25) is 0 Å². The predicted octanol–water partition coefficient (Wildman–Crippen LogP) is 0.825. The Morgan fingerprint density at radius 2 is 1.78 bits per heavy atom. The summed E-state index contributed by atoms with van der Waals surface area (Å²) < 4.78 is 50.5. The van der Waals surface area contributed by atoms with Gasteiger partial charge in [0.15, 0.2) is 9.84 Å². The Balaban J connectivity index is 2.03. The van der Waals surface area contributed by atoms with E-state index in [4.69, 9.17) is 0 Å². The molecule has 2 atom stereocenters. The third-order valence-electron chi connectivity index (χ3n) is 2.82. The monoisotopic (exact) mass is 290 g/mol. The summed E-state index contributed by atoms with van der Waals surface area (Å²) >= 11 is 0. The lowest BCUT2D eigenvalue weighted by atomic mass is 10.4. The molecule has 1 aliphatic rings. The SMILES string of the molecule is CS(=O)(=O)OCC1CC1S(=O)(=O)c1ccccc1. The van der Waals surface area contributed by atoms with Crippen molar-refractivity contribution in [2.24, 2.45) is 5.92 Å². The number of sulfone groups is 1. The van der Waals surface area contributed by atoms with Gasteiger partial charge in [0.1, 0.15) is 0 Å². The summed E-state index contributed by atoms with van der Waals surface area (Å²) in [5.74, 6) is -0.232. The summed E-state index contributed by atoms with van der Waals surface area (Å²) in [7, 11) is -6.87. The molecule has 0 aliphatic heterocycles. The van der Waals surface area contributed by atoms with Crippen molar-refractivity contribution in [2.75, 3.05) is 12.9 Å². The third kappa shape index (κ3) is 3.09. The Labute approximate surface area is 107 Å². The van der Waals surface area contributed by atoms with Crippen LogP contribution < -0.4 is 0 Å². The minimum atomic E-state index is -3.51. The van der Waals surface area contributed by atoms with Gasteiger partial charge in [0.2, 0.25) is 0 Å². The zero-order chi connectivity index (χ0) is 13.4. The van der Waals surface area contributed by atoms with Gasteiger partial charge in [-0.3, -0.25) is 4.18 Å². The van der Waals surface area contributed by atoms with Gasteiger partial charge in [-0.15, -0.1) is 0 Å². The first-order valence-electron chi connectivity index (χ1n) is 5.44. The van der Waals surface area contributed by atoms with Crippen molar-refractivity contribution in [3.8, 4) is 0 Å². The number of hydrogen-bond acceptors (Lipinski definition) is 5. The van der Waals surface area contributed by atoms with Gasteiger partial charge in [-0.1, -0.05) is 18.2 Å². The van der Waals surface area contributed by atoms with Crippen LogP contribution >= 0.6 is 0 Å². The first-order chi connectivity index (χ1) is 8.31. The van der Waals surface area contributed by atoms with Crippen LogP contribution in [0.5, 0.6) is 0 Å². The van der Waals surface area contributed by atoms with Crippen LogP contribution in [0.4, 0.5) is 0 Å². The van der Waals surface area contributed by atoms with Gasteiger partial charge in [-0.25, -0.2) is 8.42 Å². The highest BCUT2D eigenvalue weighted by molar-refractivity contribution is 7.92. The summed E-state index contributed by atoms with van der Waals surface area (Å²) in [4.78, 5) is 0.275. The molecule has 2 unspecified atom stereocenters. The molecule has 0 spiro atoms. The van der Waals surface area contributed by atoms with Crippen molar-refractivity contribution in [1.29, 1.82) is 0 Å². The molecule has 100 valence electrons. The van der Waals surface area contributed by atoms with Crippen LogP contribution in [0, 0.1) is 5.92 Å². The third-order valence-corrected chi connectivity index (χ3v) is 5.69. The Hall–Kier alpha value is -0.920. The van der Waals surface area contributed by atoms with Crippen LogP contribution in [0.3, 0.4) is 0 Å². The van der Waals surface area contributed by atoms with E-state index in [0.29, 0.717) is 6.42 Å². The van der Waals surface area contributed by atoms with E-state index in [1.54, 1.807) is 30.3 Å². The van der Waals surface area contributed by atoms with Crippen LogP contribution in [0.25, 0.3) is 0 Å². The summed E-state index contributed by atoms with van der Waals surface area (Å²) in [6, 6.07) is 8.16. The molecular formula is C11H14O5S2. The maximum Gasteiger partial charge on any atom is 0.264 e. The average molecular weight is 290 g/mol. The normalized spacial score (nSPS) is 23.8. The van der Waals surface area contributed by atoms with E-state index in [2.05, 4.69) is 4.18 Å². The summed E-state index contributed by atoms with van der Waals surface area (Å²) in [6.45, 7) is -0.0600. The Morgan fingerprint density at radius 3 is 2.33 bits per heavy atom. The smallest absolute Gasteiger partial charge is 0.264 e. The highest BCUT2D eigenvalue weighted by Crippen LogP contribution is 2.40. The first kappa shape index (κ1) is 13.5. The minimum Gasteiger partial charge on any atom is -0.270 e. The zero-order valence-corrected chi connectivity index (χ0v) is 11.4. The second-order valence-electron chi connectivity index (χ2n) is 4.38. The molecule has 1 aromatic rings. The highest BCUT2D eigenvalue weighted by Gasteiger charge is 2.48. The molecule has 0 radical (unpaired) electrons. The topological polar surface area (TPSA) is 77.5 Å². The number of hydrogen-bond donors (Lipinski definition) is 0. The lowest BCUT2D eigenvalue weighted by Gasteiger charge is -2.03. The van der Waals surface area contributed by atoms with Crippen LogP contribution in [-0.4, -0.2) is 34.9 Å². The fourth-order valence-corrected chi connectivity index (χ4v) is 4.17. The van der Waals surface area contributed by atoms with Crippen molar-refractivity contribution in [3.63, 3.8) is 0 Å². The molecule has 0 heterocycles. The highest BCUT2D eigenvalue weighted by atomic mass is 32.2. The van der Waals surface area contributed by atoms with E-state index in [-0.39, 0.29) is 17.4 Å². The largest absolute Gasteiger partial charge is 0.270 e. The van der Waals surface area contributed by atoms with Gasteiger partial charge in [-0.2, -0.15) is 8.42 Å². The second-order valence-corrected chi connectivity index (χ2v) is 8.19. The predicted molar refractivity (Wildman–Crippen MR) is 66.3 cm³/mol. The van der Waals surface area contributed by atoms with Gasteiger partial charge in [0.25, 0.3) is 10.1 Å². The molecule has 1 fully saturated rings. The summed E-state index contributed by atoms with van der Waals surface area (Å²) in [6.07, 6.45) is 1.41. The van der Waals surface area contributed by atoms with Crippen molar-refractivity contribution >= 4 is 20.0 Å². The standard InChI is InChI=1S/C11H14O5S2/c1-17(12,13)16-8-9-7-11(9)18(14,15)10-5-3-2-4-6-10/h2-6,9,11H,7-8H2,1H3. The summed E-state index contributed by atoms with van der Waals surface area (Å²) in [5.41, 5.74) is 0. The van der Waals surface area contributed by atoms with Crippen molar-refractivity contribution < 1.29 is 21.0 Å². The number of rotatable bonds is 5. The fourth-order valence-electron chi connectivity index (χ4n) is 1.77. The van der Waals surface area contributed by atoms with E-state index in [1.165, 1.54) is 0 Å². The molecule has 7 heteroatoms. The minimum absolute atomic E-state index is 0.0600. The van der Waals surface area contributed by atoms with Crippen LogP contribution in [-0.2, 0) is 24.1 Å². The molecule has 1 aliphatic carbocycles. The molecule has 0 amide bonds. The quantitative estimate of drug-likeness (QED) is 0.750. The van der Waals surface area contributed by atoms with E-state index in [1.807, 2.05) is 0 Å². The molecule has 2 rings (SSSR count). The molecule has 0 N–H and O–H groups in total. The van der Waals surface area contributed by atoms with Crippen LogP contribution in [0.1, 0.15) is 6.42 Å². The zero-order valence-electron chi connectivity index (χ0n) is 9.81. The molecule has 0 bridgehead atoms. The molecule has 18 heavy (non-hydrogen) atoms. The fraction of sp³-hybridized carbons (Fsp3) is 0.455. The lowest BCUT2D eigenvalue weighted by Crippen LogP contribution is -2.13. The Kier molecular flexibility index (Phi) is 3.48. The van der Waals surface area contributed by atoms with Crippen molar-refractivity contribution in [3.05, 3.63) is 30.3 Å². The van der Waals surface area contributed by atoms with Gasteiger partial charge in [0, 0.05) is 5.92 Å². The van der Waals surface area contributed by atoms with Crippen molar-refractivity contribution in [1.82, 2.24) is 0 Å². The van der Waals surface area contributed by atoms with Gasteiger partial charge >= 0.3 is 0 Å². The van der Waals surface area contributed by atoms with Crippen LogP contribution in [0.15, 0.2) is 35.2 Å². The molecule has 0 aromatic heterocycles.